The second-order valence-corrected chi connectivity index (χ2v) is 7.84. The van der Waals surface area contributed by atoms with Gasteiger partial charge < -0.3 is 9.80 Å². The monoisotopic (exact) mass is 396 g/mol. The Labute approximate surface area is 167 Å². The Hall–Kier alpha value is -2.80. The van der Waals surface area contributed by atoms with Gasteiger partial charge in [0.25, 0.3) is 5.91 Å². The minimum Gasteiger partial charge on any atom is -0.355 e. The Bertz CT molecular complexity index is 996. The largest absolute Gasteiger partial charge is 0.355 e. The lowest BCUT2D eigenvalue weighted by molar-refractivity contribution is 0.0996. The molecule has 1 aliphatic rings. The maximum atomic E-state index is 13.2. The van der Waals surface area contributed by atoms with Gasteiger partial charge >= 0.3 is 0 Å². The fourth-order valence-electron chi connectivity index (χ4n) is 3.40. The van der Waals surface area contributed by atoms with E-state index >= 15 is 0 Å². The fourth-order valence-corrected chi connectivity index (χ4v) is 4.44. The van der Waals surface area contributed by atoms with E-state index in [2.05, 4.69) is 14.9 Å². The molecule has 0 radical (unpaired) electrons. The molecule has 0 bridgehead atoms. The van der Waals surface area contributed by atoms with Crippen LogP contribution in [0, 0.1) is 12.7 Å². The predicted octanol–water partition coefficient (Wildman–Crippen LogP) is 4.53. The number of pyridine rings is 1. The highest BCUT2D eigenvalue weighted by molar-refractivity contribution is 7.17. The zero-order valence-electron chi connectivity index (χ0n) is 15.9. The zero-order chi connectivity index (χ0) is 19.7. The number of halogens is 1. The number of aryl methyl sites for hydroxylation is 1. The molecule has 0 unspecified atom stereocenters. The van der Waals surface area contributed by atoms with Crippen molar-refractivity contribution in [2.24, 2.45) is 0 Å². The lowest BCUT2D eigenvalue weighted by atomic mass is 10.2. The second-order valence-electron chi connectivity index (χ2n) is 6.84. The first kappa shape index (κ1) is 18.6. The molecular weight excluding hydrogens is 375 g/mol. The Kier molecular flexibility index (Phi) is 5.09. The summed E-state index contributed by atoms with van der Waals surface area (Å²) in [6, 6.07) is 9.93. The summed E-state index contributed by atoms with van der Waals surface area (Å²) in [6.45, 7) is 3.75. The molecule has 0 atom stereocenters. The summed E-state index contributed by atoms with van der Waals surface area (Å²) < 4.78 is 13.2. The lowest BCUT2D eigenvalue weighted by Crippen LogP contribution is -2.29. The molecule has 3 aromatic rings. The molecule has 5 nitrogen and oxygen atoms in total. The third-order valence-electron chi connectivity index (χ3n) is 4.92. The molecular formula is C21H21FN4OS. The van der Waals surface area contributed by atoms with Gasteiger partial charge in [-0.15, -0.1) is 11.3 Å². The number of benzene rings is 1. The van der Waals surface area contributed by atoms with Crippen molar-refractivity contribution in [2.75, 3.05) is 29.9 Å². The Morgan fingerprint density at radius 1 is 1.18 bits per heavy atom. The van der Waals surface area contributed by atoms with Crippen molar-refractivity contribution in [3.8, 4) is 10.6 Å². The molecule has 1 amide bonds. The molecule has 2 aromatic heterocycles. The molecule has 4 rings (SSSR count). The summed E-state index contributed by atoms with van der Waals surface area (Å²) in [5, 5.41) is 0.709. The van der Waals surface area contributed by atoms with Gasteiger partial charge in [-0.1, -0.05) is 0 Å². The van der Waals surface area contributed by atoms with Gasteiger partial charge in [-0.2, -0.15) is 0 Å². The first-order chi connectivity index (χ1) is 13.5. The minimum atomic E-state index is -0.293. The highest BCUT2D eigenvalue weighted by Crippen LogP contribution is 2.33. The van der Waals surface area contributed by atoms with Crippen LogP contribution in [0.5, 0.6) is 0 Å². The first-order valence-corrected chi connectivity index (χ1v) is 10.1. The average molecular weight is 396 g/mol. The number of carbonyl (C=O) groups excluding carboxylic acids is 1. The number of thiazole rings is 1. The number of nitrogens with zero attached hydrogens (tertiary/aromatic N) is 4. The van der Waals surface area contributed by atoms with Crippen molar-refractivity contribution < 1.29 is 9.18 Å². The summed E-state index contributed by atoms with van der Waals surface area (Å²) in [5.74, 6) is 0.438. The van der Waals surface area contributed by atoms with Crippen LogP contribution in [-0.2, 0) is 0 Å². The van der Waals surface area contributed by atoms with E-state index in [1.165, 1.54) is 23.5 Å². The molecule has 28 heavy (non-hydrogen) atoms. The number of aromatic nitrogens is 2. The fraction of sp³-hybridized carbons (Fsp3) is 0.286. The van der Waals surface area contributed by atoms with Gasteiger partial charge in [0.05, 0.1) is 11.4 Å². The number of amides is 1. The Morgan fingerprint density at radius 2 is 1.89 bits per heavy atom. The molecule has 144 valence electrons. The van der Waals surface area contributed by atoms with E-state index in [4.69, 9.17) is 0 Å². The van der Waals surface area contributed by atoms with Crippen LogP contribution in [0.15, 0.2) is 42.6 Å². The molecule has 0 aliphatic carbocycles. The quantitative estimate of drug-likeness (QED) is 0.650. The van der Waals surface area contributed by atoms with E-state index < -0.39 is 0 Å². The molecule has 3 heterocycles. The summed E-state index contributed by atoms with van der Waals surface area (Å²) in [4.78, 5) is 26.7. The van der Waals surface area contributed by atoms with Crippen LogP contribution >= 0.6 is 11.3 Å². The van der Waals surface area contributed by atoms with Gasteiger partial charge in [-0.05, 0) is 56.2 Å². The van der Waals surface area contributed by atoms with Gasteiger partial charge in [-0.25, -0.2) is 14.4 Å². The molecule has 1 aromatic carbocycles. The van der Waals surface area contributed by atoms with Gasteiger partial charge in [0.2, 0.25) is 0 Å². The van der Waals surface area contributed by atoms with Gasteiger partial charge in [0.1, 0.15) is 15.7 Å². The van der Waals surface area contributed by atoms with Crippen LogP contribution in [0.3, 0.4) is 0 Å². The van der Waals surface area contributed by atoms with E-state index in [-0.39, 0.29) is 11.7 Å². The van der Waals surface area contributed by atoms with Crippen LogP contribution in [0.1, 0.15) is 28.2 Å². The number of hydrogen-bond acceptors (Lipinski definition) is 5. The standard InChI is InChI=1S/C21H21FN4OS/c1-14-18(28-20(24-14)15-7-9-16(22)10-8-15)21(27)25(2)17-6-5-11-23-19(17)26-12-3-4-13-26/h5-11H,3-4,12-13H2,1-2H3. The summed E-state index contributed by atoms with van der Waals surface area (Å²) in [7, 11) is 1.77. The van der Waals surface area contributed by atoms with Crippen molar-refractivity contribution >= 4 is 28.7 Å². The second kappa shape index (κ2) is 7.67. The minimum absolute atomic E-state index is 0.114. The molecule has 0 saturated carbocycles. The van der Waals surface area contributed by atoms with E-state index in [1.807, 2.05) is 19.1 Å². The first-order valence-electron chi connectivity index (χ1n) is 9.26. The van der Waals surface area contributed by atoms with Crippen molar-refractivity contribution in [1.29, 1.82) is 0 Å². The van der Waals surface area contributed by atoms with Crippen LogP contribution in [0.25, 0.3) is 10.6 Å². The zero-order valence-corrected chi connectivity index (χ0v) is 16.7. The Balaban J connectivity index is 1.64. The maximum absolute atomic E-state index is 13.2. The SMILES string of the molecule is Cc1nc(-c2ccc(F)cc2)sc1C(=O)N(C)c1cccnc1N1CCCC1. The normalized spacial score (nSPS) is 13.8. The number of anilines is 2. The lowest BCUT2D eigenvalue weighted by Gasteiger charge is -2.24. The Morgan fingerprint density at radius 3 is 2.61 bits per heavy atom. The molecule has 1 fully saturated rings. The van der Waals surface area contributed by atoms with Gasteiger partial charge in [0, 0.05) is 31.9 Å². The van der Waals surface area contributed by atoms with Gasteiger partial charge in [-0.3, -0.25) is 4.79 Å². The number of carbonyl (C=O) groups is 1. The summed E-state index contributed by atoms with van der Waals surface area (Å²) in [6.07, 6.45) is 4.05. The van der Waals surface area contributed by atoms with Crippen molar-refractivity contribution in [3.05, 3.63) is 59.0 Å². The van der Waals surface area contributed by atoms with Crippen LogP contribution in [0.4, 0.5) is 15.9 Å². The summed E-state index contributed by atoms with van der Waals surface area (Å²) >= 11 is 1.33. The highest BCUT2D eigenvalue weighted by atomic mass is 32.1. The van der Waals surface area contributed by atoms with Crippen molar-refractivity contribution in [2.45, 2.75) is 19.8 Å². The average Bonchev–Trinajstić information content (AvgIpc) is 3.37. The molecule has 1 saturated heterocycles. The third kappa shape index (κ3) is 3.49. The molecule has 0 spiro atoms. The smallest absolute Gasteiger partial charge is 0.270 e. The third-order valence-corrected chi connectivity index (χ3v) is 6.11. The van der Waals surface area contributed by atoms with Gasteiger partial charge in [0.15, 0.2) is 5.82 Å². The van der Waals surface area contributed by atoms with E-state index in [0.717, 1.165) is 43.0 Å². The molecule has 0 N–H and O–H groups in total. The van der Waals surface area contributed by atoms with Crippen LogP contribution < -0.4 is 9.80 Å². The highest BCUT2D eigenvalue weighted by Gasteiger charge is 2.25. The van der Waals surface area contributed by atoms with Crippen molar-refractivity contribution in [3.63, 3.8) is 0 Å². The van der Waals surface area contributed by atoms with Crippen LogP contribution in [-0.4, -0.2) is 36.0 Å². The predicted molar refractivity (Wildman–Crippen MR) is 111 cm³/mol. The van der Waals surface area contributed by atoms with E-state index in [0.29, 0.717) is 15.6 Å². The van der Waals surface area contributed by atoms with E-state index in [1.54, 1.807) is 30.3 Å². The van der Waals surface area contributed by atoms with Crippen LogP contribution in [0.2, 0.25) is 0 Å². The van der Waals surface area contributed by atoms with Crippen molar-refractivity contribution in [1.82, 2.24) is 9.97 Å². The molecule has 7 heteroatoms. The topological polar surface area (TPSA) is 49.3 Å². The number of rotatable bonds is 4. The summed E-state index contributed by atoms with van der Waals surface area (Å²) in [5.41, 5.74) is 2.27. The van der Waals surface area contributed by atoms with E-state index in [9.17, 15) is 9.18 Å². The maximum Gasteiger partial charge on any atom is 0.270 e. The molecule has 1 aliphatic heterocycles. The number of hydrogen-bond donors (Lipinski definition) is 0.